The summed E-state index contributed by atoms with van der Waals surface area (Å²) in [6, 6.07) is 7.81. The van der Waals surface area contributed by atoms with Crippen molar-refractivity contribution in [3.05, 3.63) is 29.8 Å². The van der Waals surface area contributed by atoms with Crippen LogP contribution in [-0.2, 0) is 11.2 Å². The van der Waals surface area contributed by atoms with Gasteiger partial charge in [0, 0.05) is 6.42 Å². The van der Waals surface area contributed by atoms with Gasteiger partial charge in [-0.25, -0.2) is 0 Å². The monoisotopic (exact) mass is 194 g/mol. The zero-order valence-corrected chi connectivity index (χ0v) is 8.19. The summed E-state index contributed by atoms with van der Waals surface area (Å²) in [5, 5.41) is 9.12. The summed E-state index contributed by atoms with van der Waals surface area (Å²) in [7, 11) is 1.65. The van der Waals surface area contributed by atoms with E-state index in [-0.39, 0.29) is 12.2 Å². The van der Waals surface area contributed by atoms with Crippen molar-refractivity contribution < 1.29 is 14.6 Å². The molecule has 1 aromatic rings. The summed E-state index contributed by atoms with van der Waals surface area (Å²) in [6.45, 7) is 0.715. The van der Waals surface area contributed by atoms with E-state index in [4.69, 9.17) is 14.6 Å². The number of hydrogen-bond acceptors (Lipinski definition) is 3. The molecule has 3 nitrogen and oxygen atoms in total. The van der Waals surface area contributed by atoms with E-state index in [1.165, 1.54) is 0 Å². The highest BCUT2D eigenvalue weighted by Crippen LogP contribution is 2.33. The average molecular weight is 194 g/mol. The summed E-state index contributed by atoms with van der Waals surface area (Å²) in [5.41, 5.74) is 0.746. The van der Waals surface area contributed by atoms with Crippen LogP contribution in [0.1, 0.15) is 5.56 Å². The van der Waals surface area contributed by atoms with E-state index < -0.39 is 0 Å². The molecule has 0 unspecified atom stereocenters. The molecule has 0 bridgehead atoms. The van der Waals surface area contributed by atoms with Gasteiger partial charge in [-0.15, -0.1) is 0 Å². The highest BCUT2D eigenvalue weighted by Gasteiger charge is 2.44. The summed E-state index contributed by atoms with van der Waals surface area (Å²) < 4.78 is 10.5. The lowest BCUT2D eigenvalue weighted by Gasteiger charge is -2.11. The number of methoxy groups -OCH3 is 1. The minimum atomic E-state index is -0.339. The van der Waals surface area contributed by atoms with Gasteiger partial charge in [0.2, 0.25) is 0 Å². The second-order valence-corrected chi connectivity index (χ2v) is 3.62. The van der Waals surface area contributed by atoms with E-state index in [0.29, 0.717) is 13.0 Å². The number of para-hydroxylation sites is 1. The van der Waals surface area contributed by atoms with Crippen LogP contribution in [0.25, 0.3) is 0 Å². The van der Waals surface area contributed by atoms with E-state index in [1.807, 2.05) is 24.3 Å². The second kappa shape index (κ2) is 3.59. The van der Waals surface area contributed by atoms with Gasteiger partial charge in [0.05, 0.1) is 20.3 Å². The molecule has 1 aliphatic rings. The number of benzene rings is 1. The van der Waals surface area contributed by atoms with Crippen LogP contribution in [0, 0.1) is 0 Å². The van der Waals surface area contributed by atoms with Gasteiger partial charge in [0.1, 0.15) is 11.4 Å². The molecule has 0 aliphatic carbocycles. The second-order valence-electron chi connectivity index (χ2n) is 3.62. The van der Waals surface area contributed by atoms with Gasteiger partial charge in [-0.05, 0) is 11.6 Å². The standard InChI is InChI=1S/C11H14O3/c1-13-10-5-3-2-4-9(10)6-11(7-12)8-14-11/h2-5,12H,6-8H2,1H3/t11-/m1/s1. The van der Waals surface area contributed by atoms with Crippen molar-refractivity contribution in [3.63, 3.8) is 0 Å². The van der Waals surface area contributed by atoms with Gasteiger partial charge in [-0.3, -0.25) is 0 Å². The smallest absolute Gasteiger partial charge is 0.122 e. The molecule has 1 fully saturated rings. The fourth-order valence-corrected chi connectivity index (χ4v) is 1.55. The van der Waals surface area contributed by atoms with Crippen molar-refractivity contribution in [2.24, 2.45) is 0 Å². The van der Waals surface area contributed by atoms with E-state index in [2.05, 4.69) is 0 Å². The first-order valence-electron chi connectivity index (χ1n) is 4.66. The molecule has 1 aliphatic heterocycles. The fourth-order valence-electron chi connectivity index (χ4n) is 1.55. The lowest BCUT2D eigenvalue weighted by Crippen LogP contribution is -2.20. The van der Waals surface area contributed by atoms with E-state index >= 15 is 0 Å². The zero-order valence-electron chi connectivity index (χ0n) is 8.19. The molecule has 76 valence electrons. The van der Waals surface area contributed by atoms with Crippen LogP contribution in [0.3, 0.4) is 0 Å². The number of epoxide rings is 1. The number of aliphatic hydroxyl groups is 1. The summed E-state index contributed by atoms with van der Waals surface area (Å²) in [5.74, 6) is 0.857. The number of hydrogen-bond donors (Lipinski definition) is 1. The Bertz CT molecular complexity index is 318. The molecule has 1 atom stereocenters. The number of aliphatic hydroxyl groups excluding tert-OH is 1. The molecule has 1 aromatic carbocycles. The normalized spacial score (nSPS) is 24.7. The highest BCUT2D eigenvalue weighted by molar-refractivity contribution is 5.35. The maximum atomic E-state index is 9.12. The Morgan fingerprint density at radius 3 is 2.79 bits per heavy atom. The van der Waals surface area contributed by atoms with Crippen LogP contribution in [0.5, 0.6) is 5.75 Å². The van der Waals surface area contributed by atoms with Gasteiger partial charge < -0.3 is 14.6 Å². The zero-order chi connectivity index (χ0) is 10.0. The summed E-state index contributed by atoms with van der Waals surface area (Å²) >= 11 is 0. The lowest BCUT2D eigenvalue weighted by atomic mass is 10.0. The van der Waals surface area contributed by atoms with Crippen molar-refractivity contribution in [3.8, 4) is 5.75 Å². The Morgan fingerprint density at radius 1 is 1.50 bits per heavy atom. The minimum absolute atomic E-state index is 0.0745. The Balaban J connectivity index is 2.16. The molecule has 0 amide bonds. The van der Waals surface area contributed by atoms with Crippen LogP contribution < -0.4 is 4.74 Å². The first-order valence-corrected chi connectivity index (χ1v) is 4.66. The predicted octanol–water partition coefficient (Wildman–Crippen LogP) is 0.999. The summed E-state index contributed by atoms with van der Waals surface area (Å²) in [4.78, 5) is 0. The average Bonchev–Trinajstić information content (AvgIpc) is 2.99. The Hall–Kier alpha value is -1.06. The van der Waals surface area contributed by atoms with Crippen molar-refractivity contribution in [1.82, 2.24) is 0 Å². The quantitative estimate of drug-likeness (QED) is 0.727. The molecule has 2 rings (SSSR count). The van der Waals surface area contributed by atoms with Crippen molar-refractivity contribution in [1.29, 1.82) is 0 Å². The van der Waals surface area contributed by atoms with Gasteiger partial charge in [-0.1, -0.05) is 18.2 Å². The number of rotatable bonds is 4. The molecule has 3 heteroatoms. The Morgan fingerprint density at radius 2 is 2.21 bits per heavy atom. The first kappa shape index (κ1) is 9.49. The molecule has 14 heavy (non-hydrogen) atoms. The molecule has 1 N–H and O–H groups in total. The molecule has 1 heterocycles. The molecular weight excluding hydrogens is 180 g/mol. The molecule has 0 aromatic heterocycles. The first-order chi connectivity index (χ1) is 6.79. The summed E-state index contributed by atoms with van der Waals surface area (Å²) in [6.07, 6.45) is 0.716. The van der Waals surface area contributed by atoms with Crippen LogP contribution in [0.2, 0.25) is 0 Å². The Kier molecular flexibility index (Phi) is 2.44. The minimum Gasteiger partial charge on any atom is -0.496 e. The third kappa shape index (κ3) is 1.74. The van der Waals surface area contributed by atoms with Gasteiger partial charge in [0.25, 0.3) is 0 Å². The van der Waals surface area contributed by atoms with Crippen molar-refractivity contribution in [2.75, 3.05) is 20.3 Å². The maximum absolute atomic E-state index is 9.12. The third-order valence-electron chi connectivity index (χ3n) is 2.55. The van der Waals surface area contributed by atoms with Crippen molar-refractivity contribution in [2.45, 2.75) is 12.0 Å². The van der Waals surface area contributed by atoms with E-state index in [1.54, 1.807) is 7.11 Å². The topological polar surface area (TPSA) is 42.0 Å². The van der Waals surface area contributed by atoms with E-state index in [9.17, 15) is 0 Å². The molecule has 0 spiro atoms. The maximum Gasteiger partial charge on any atom is 0.122 e. The van der Waals surface area contributed by atoms with Crippen LogP contribution in [0.15, 0.2) is 24.3 Å². The van der Waals surface area contributed by atoms with Gasteiger partial charge >= 0.3 is 0 Å². The number of ether oxygens (including phenoxy) is 2. The third-order valence-corrected chi connectivity index (χ3v) is 2.55. The van der Waals surface area contributed by atoms with Crippen LogP contribution >= 0.6 is 0 Å². The van der Waals surface area contributed by atoms with Crippen LogP contribution in [0.4, 0.5) is 0 Å². The lowest BCUT2D eigenvalue weighted by molar-refractivity contribution is 0.171. The van der Waals surface area contributed by atoms with Gasteiger partial charge in [0.15, 0.2) is 0 Å². The van der Waals surface area contributed by atoms with Gasteiger partial charge in [-0.2, -0.15) is 0 Å². The Labute approximate surface area is 83.3 Å². The largest absolute Gasteiger partial charge is 0.496 e. The molecular formula is C11H14O3. The SMILES string of the molecule is COc1ccccc1C[C@@]1(CO)CO1. The van der Waals surface area contributed by atoms with Crippen LogP contribution in [-0.4, -0.2) is 31.0 Å². The molecule has 1 saturated heterocycles. The molecule has 0 saturated carbocycles. The molecule has 0 radical (unpaired) electrons. The highest BCUT2D eigenvalue weighted by atomic mass is 16.6. The fraction of sp³-hybridized carbons (Fsp3) is 0.455. The van der Waals surface area contributed by atoms with Crippen molar-refractivity contribution >= 4 is 0 Å². The van der Waals surface area contributed by atoms with E-state index in [0.717, 1.165) is 11.3 Å². The predicted molar refractivity (Wildman–Crippen MR) is 52.5 cm³/mol.